The Morgan fingerprint density at radius 2 is 1.84 bits per heavy atom. The molecule has 2 rings (SSSR count). The lowest BCUT2D eigenvalue weighted by molar-refractivity contribution is 0.587. The highest BCUT2D eigenvalue weighted by atomic mass is 35.5. The Morgan fingerprint density at radius 3 is 2.42 bits per heavy atom. The molecule has 2 nitrogen and oxygen atoms in total. The van der Waals surface area contributed by atoms with E-state index in [2.05, 4.69) is 5.32 Å². The van der Waals surface area contributed by atoms with Gasteiger partial charge in [-0.1, -0.05) is 23.7 Å². The van der Waals surface area contributed by atoms with Crippen LogP contribution < -0.4 is 5.32 Å². The third kappa shape index (κ3) is 3.21. The molecule has 0 aliphatic carbocycles. The molecule has 0 bridgehead atoms. The Kier molecular flexibility index (Phi) is 3.98. The summed E-state index contributed by atoms with van der Waals surface area (Å²) in [6.45, 7) is 0.236. The van der Waals surface area contributed by atoms with Crippen LogP contribution in [-0.4, -0.2) is 0 Å². The van der Waals surface area contributed by atoms with Gasteiger partial charge in [0, 0.05) is 11.6 Å². The second-order valence-electron chi connectivity index (χ2n) is 3.91. The molecule has 0 saturated heterocycles. The van der Waals surface area contributed by atoms with E-state index in [1.807, 2.05) is 0 Å². The van der Waals surface area contributed by atoms with E-state index in [0.717, 1.165) is 17.7 Å². The number of anilines is 1. The van der Waals surface area contributed by atoms with E-state index in [4.69, 9.17) is 16.9 Å². The standard InChI is InChI=1S/C14H9ClF2N2/c15-11-3-1-2-9(4-11)8-19-14-12(16)5-10(7-18)6-13(14)17/h1-6,19H,8H2. The van der Waals surface area contributed by atoms with E-state index in [1.165, 1.54) is 0 Å². The zero-order valence-electron chi connectivity index (χ0n) is 9.75. The van der Waals surface area contributed by atoms with Crippen LogP contribution >= 0.6 is 11.6 Å². The van der Waals surface area contributed by atoms with Crippen molar-refractivity contribution in [1.82, 2.24) is 0 Å². The second kappa shape index (κ2) is 5.68. The maximum atomic E-state index is 13.6. The Balaban J connectivity index is 2.18. The smallest absolute Gasteiger partial charge is 0.150 e. The lowest BCUT2D eigenvalue weighted by Crippen LogP contribution is -2.04. The van der Waals surface area contributed by atoms with Crippen LogP contribution in [0.5, 0.6) is 0 Å². The van der Waals surface area contributed by atoms with E-state index < -0.39 is 11.6 Å². The summed E-state index contributed by atoms with van der Waals surface area (Å²) < 4.78 is 27.2. The van der Waals surface area contributed by atoms with Crippen molar-refractivity contribution in [1.29, 1.82) is 5.26 Å². The van der Waals surface area contributed by atoms with Crippen LogP contribution in [0.2, 0.25) is 5.02 Å². The number of nitrogens with zero attached hydrogens (tertiary/aromatic N) is 1. The first kappa shape index (κ1) is 13.3. The van der Waals surface area contributed by atoms with Crippen LogP contribution in [0.4, 0.5) is 14.5 Å². The third-order valence-electron chi connectivity index (χ3n) is 2.53. The first-order chi connectivity index (χ1) is 9.10. The summed E-state index contributed by atoms with van der Waals surface area (Å²) in [5.41, 5.74) is 0.498. The number of halogens is 3. The Hall–Kier alpha value is -2.12. The number of rotatable bonds is 3. The molecule has 2 aromatic carbocycles. The van der Waals surface area contributed by atoms with Crippen LogP contribution in [0.25, 0.3) is 0 Å². The lowest BCUT2D eigenvalue weighted by Gasteiger charge is -2.09. The summed E-state index contributed by atoms with van der Waals surface area (Å²) >= 11 is 5.82. The number of benzene rings is 2. The fourth-order valence-corrected chi connectivity index (χ4v) is 1.86. The average Bonchev–Trinajstić information content (AvgIpc) is 2.37. The average molecular weight is 279 g/mol. The van der Waals surface area contributed by atoms with Gasteiger partial charge in [0.25, 0.3) is 0 Å². The van der Waals surface area contributed by atoms with Crippen LogP contribution in [0.15, 0.2) is 36.4 Å². The van der Waals surface area contributed by atoms with Crippen molar-refractivity contribution in [2.24, 2.45) is 0 Å². The third-order valence-corrected chi connectivity index (χ3v) is 2.76. The molecule has 2 aromatic rings. The highest BCUT2D eigenvalue weighted by Crippen LogP contribution is 2.21. The predicted molar refractivity (Wildman–Crippen MR) is 69.9 cm³/mol. The quantitative estimate of drug-likeness (QED) is 0.917. The highest BCUT2D eigenvalue weighted by Gasteiger charge is 2.10. The fourth-order valence-electron chi connectivity index (χ4n) is 1.64. The summed E-state index contributed by atoms with van der Waals surface area (Å²) in [5, 5.41) is 11.8. The minimum Gasteiger partial charge on any atom is -0.376 e. The molecule has 0 aliphatic rings. The summed E-state index contributed by atoms with van der Waals surface area (Å²) in [7, 11) is 0. The summed E-state index contributed by atoms with van der Waals surface area (Å²) in [4.78, 5) is 0. The van der Waals surface area contributed by atoms with Gasteiger partial charge in [0.2, 0.25) is 0 Å². The van der Waals surface area contributed by atoms with Crippen molar-refractivity contribution in [3.8, 4) is 6.07 Å². The Morgan fingerprint density at radius 1 is 1.16 bits per heavy atom. The van der Waals surface area contributed by atoms with E-state index in [-0.39, 0.29) is 17.8 Å². The fraction of sp³-hybridized carbons (Fsp3) is 0.0714. The zero-order valence-corrected chi connectivity index (χ0v) is 10.5. The topological polar surface area (TPSA) is 35.8 Å². The van der Waals surface area contributed by atoms with Gasteiger partial charge in [-0.15, -0.1) is 0 Å². The largest absolute Gasteiger partial charge is 0.376 e. The molecule has 0 atom stereocenters. The second-order valence-corrected chi connectivity index (χ2v) is 4.35. The first-order valence-electron chi connectivity index (χ1n) is 5.47. The molecule has 0 spiro atoms. The van der Waals surface area contributed by atoms with Crippen LogP contribution in [0, 0.1) is 23.0 Å². The monoisotopic (exact) mass is 278 g/mol. The molecule has 0 radical (unpaired) electrons. The van der Waals surface area contributed by atoms with Crippen LogP contribution in [-0.2, 0) is 6.54 Å². The molecule has 0 saturated carbocycles. The minimum atomic E-state index is -0.793. The van der Waals surface area contributed by atoms with E-state index in [0.29, 0.717) is 5.02 Å². The van der Waals surface area contributed by atoms with Crippen LogP contribution in [0.1, 0.15) is 11.1 Å². The zero-order chi connectivity index (χ0) is 13.8. The molecule has 0 fully saturated rings. The summed E-state index contributed by atoms with van der Waals surface area (Å²) in [6.07, 6.45) is 0. The Bertz CT molecular complexity index is 627. The normalized spacial score (nSPS) is 10.0. The van der Waals surface area contributed by atoms with Crippen molar-refractivity contribution in [2.45, 2.75) is 6.54 Å². The van der Waals surface area contributed by atoms with Gasteiger partial charge in [-0.05, 0) is 29.8 Å². The number of nitriles is 1. The molecule has 5 heteroatoms. The van der Waals surface area contributed by atoms with Gasteiger partial charge in [0.05, 0.1) is 11.6 Å². The van der Waals surface area contributed by atoms with Gasteiger partial charge in [-0.2, -0.15) is 5.26 Å². The molecule has 0 unspecified atom stereocenters. The maximum absolute atomic E-state index is 13.6. The van der Waals surface area contributed by atoms with Crippen molar-refractivity contribution < 1.29 is 8.78 Å². The molecule has 0 aromatic heterocycles. The van der Waals surface area contributed by atoms with Crippen molar-refractivity contribution in [3.05, 3.63) is 64.2 Å². The molecule has 0 heterocycles. The molecular formula is C14H9ClF2N2. The van der Waals surface area contributed by atoms with Crippen molar-refractivity contribution in [3.63, 3.8) is 0 Å². The molecule has 19 heavy (non-hydrogen) atoms. The van der Waals surface area contributed by atoms with Gasteiger partial charge >= 0.3 is 0 Å². The van der Waals surface area contributed by atoms with Gasteiger partial charge in [0.15, 0.2) is 11.6 Å². The number of hydrogen-bond acceptors (Lipinski definition) is 2. The minimum absolute atomic E-state index is 0.0525. The van der Waals surface area contributed by atoms with Gasteiger partial charge in [-0.3, -0.25) is 0 Å². The summed E-state index contributed by atoms with van der Waals surface area (Å²) in [6, 6.07) is 10.6. The SMILES string of the molecule is N#Cc1cc(F)c(NCc2cccc(Cl)c2)c(F)c1. The van der Waals surface area contributed by atoms with E-state index >= 15 is 0 Å². The molecule has 0 amide bonds. The Labute approximate surface area is 114 Å². The predicted octanol–water partition coefficient (Wildman–Crippen LogP) is 4.10. The first-order valence-corrected chi connectivity index (χ1v) is 5.85. The number of nitrogens with one attached hydrogen (secondary N) is 1. The van der Waals surface area contributed by atoms with Gasteiger partial charge < -0.3 is 5.32 Å². The maximum Gasteiger partial charge on any atom is 0.150 e. The van der Waals surface area contributed by atoms with E-state index in [9.17, 15) is 8.78 Å². The molecule has 96 valence electrons. The molecular weight excluding hydrogens is 270 g/mol. The molecule has 1 N–H and O–H groups in total. The van der Waals surface area contributed by atoms with Gasteiger partial charge in [0.1, 0.15) is 5.69 Å². The lowest BCUT2D eigenvalue weighted by atomic mass is 10.2. The van der Waals surface area contributed by atoms with Crippen molar-refractivity contribution >= 4 is 17.3 Å². The molecule has 0 aliphatic heterocycles. The summed E-state index contributed by atoms with van der Waals surface area (Å²) in [5.74, 6) is -1.59. The van der Waals surface area contributed by atoms with Gasteiger partial charge in [-0.25, -0.2) is 8.78 Å². The highest BCUT2D eigenvalue weighted by molar-refractivity contribution is 6.30. The number of hydrogen-bond donors (Lipinski definition) is 1. The van der Waals surface area contributed by atoms with Crippen LogP contribution in [0.3, 0.4) is 0 Å². The van der Waals surface area contributed by atoms with Crippen molar-refractivity contribution in [2.75, 3.05) is 5.32 Å². The van der Waals surface area contributed by atoms with E-state index in [1.54, 1.807) is 30.3 Å².